The van der Waals surface area contributed by atoms with Crippen LogP contribution < -0.4 is 5.32 Å². The van der Waals surface area contributed by atoms with Crippen LogP contribution in [-0.4, -0.2) is 45.4 Å². The predicted octanol–water partition coefficient (Wildman–Crippen LogP) is 2.72. The number of aromatic nitrogens is 2. The molecule has 1 aliphatic rings. The molecule has 0 bridgehead atoms. The molecule has 0 aliphatic carbocycles. The van der Waals surface area contributed by atoms with Crippen molar-refractivity contribution in [2.75, 3.05) is 13.1 Å². The maximum Gasteiger partial charge on any atom is 0.272 e. The van der Waals surface area contributed by atoms with Gasteiger partial charge in [0.15, 0.2) is 0 Å². The molecule has 3 rings (SSSR count). The first kappa shape index (κ1) is 18.2. The molecule has 6 heteroatoms. The Bertz CT molecular complexity index is 741. The van der Waals surface area contributed by atoms with Gasteiger partial charge < -0.3 is 14.8 Å². The minimum Gasteiger partial charge on any atom is -0.352 e. The number of rotatable bonds is 6. The number of amides is 2. The number of imidazole rings is 1. The monoisotopic (exact) mass is 354 g/mol. The summed E-state index contributed by atoms with van der Waals surface area (Å²) in [6.07, 6.45) is 7.24. The normalized spacial score (nSPS) is 17.1. The first-order chi connectivity index (χ1) is 12.7. The second kappa shape index (κ2) is 8.65. The third-order valence-electron chi connectivity index (χ3n) is 4.96. The molecule has 2 aromatic rings. The highest BCUT2D eigenvalue weighted by atomic mass is 16.2. The van der Waals surface area contributed by atoms with Gasteiger partial charge in [0.25, 0.3) is 11.8 Å². The Kier molecular flexibility index (Phi) is 6.04. The molecule has 2 heterocycles. The molecule has 138 valence electrons. The first-order valence-corrected chi connectivity index (χ1v) is 9.35. The van der Waals surface area contributed by atoms with Crippen molar-refractivity contribution in [1.82, 2.24) is 19.8 Å². The molecular formula is C20H26N4O2. The molecule has 6 nitrogen and oxygen atoms in total. The van der Waals surface area contributed by atoms with E-state index in [4.69, 9.17) is 0 Å². The number of nitrogens with one attached hydrogen (secondary N) is 1. The van der Waals surface area contributed by atoms with Crippen LogP contribution in [0.4, 0.5) is 0 Å². The van der Waals surface area contributed by atoms with Crippen LogP contribution in [0.1, 0.15) is 53.5 Å². The van der Waals surface area contributed by atoms with Crippen LogP contribution in [0.25, 0.3) is 0 Å². The summed E-state index contributed by atoms with van der Waals surface area (Å²) in [5, 5.41) is 2.97. The van der Waals surface area contributed by atoms with Gasteiger partial charge >= 0.3 is 0 Å². The predicted molar refractivity (Wildman–Crippen MR) is 100.0 cm³/mol. The molecule has 1 saturated heterocycles. The molecule has 1 aromatic carbocycles. The molecule has 1 fully saturated rings. The molecule has 1 N–H and O–H groups in total. The summed E-state index contributed by atoms with van der Waals surface area (Å²) in [7, 11) is 0. The minimum atomic E-state index is -0.0663. The van der Waals surface area contributed by atoms with Crippen molar-refractivity contribution >= 4 is 11.8 Å². The Labute approximate surface area is 154 Å². The number of nitrogens with zero attached hydrogens (tertiary/aromatic N) is 3. The number of hydrogen-bond acceptors (Lipinski definition) is 3. The maximum atomic E-state index is 12.9. The summed E-state index contributed by atoms with van der Waals surface area (Å²) < 4.78 is 1.88. The fourth-order valence-corrected chi connectivity index (χ4v) is 3.51. The van der Waals surface area contributed by atoms with Crippen molar-refractivity contribution in [3.8, 4) is 0 Å². The lowest BCUT2D eigenvalue weighted by molar-refractivity contribution is 0.0590. The summed E-state index contributed by atoms with van der Waals surface area (Å²) >= 11 is 0. The largest absolute Gasteiger partial charge is 0.352 e. The Morgan fingerprint density at radius 1 is 1.23 bits per heavy atom. The van der Waals surface area contributed by atoms with Crippen molar-refractivity contribution in [3.63, 3.8) is 0 Å². The quantitative estimate of drug-likeness (QED) is 0.867. The second-order valence-corrected chi connectivity index (χ2v) is 6.62. The van der Waals surface area contributed by atoms with Crippen LogP contribution in [0.5, 0.6) is 0 Å². The van der Waals surface area contributed by atoms with Crippen molar-refractivity contribution in [1.29, 1.82) is 0 Å². The van der Waals surface area contributed by atoms with Crippen LogP contribution in [0.2, 0.25) is 0 Å². The third-order valence-corrected chi connectivity index (χ3v) is 4.96. The highest BCUT2D eigenvalue weighted by Gasteiger charge is 2.28. The van der Waals surface area contributed by atoms with Gasteiger partial charge in [0.1, 0.15) is 5.69 Å². The topological polar surface area (TPSA) is 67.2 Å². The molecule has 26 heavy (non-hydrogen) atoms. The van der Waals surface area contributed by atoms with Gasteiger partial charge in [-0.1, -0.05) is 18.2 Å². The van der Waals surface area contributed by atoms with E-state index in [1.54, 1.807) is 24.7 Å². The van der Waals surface area contributed by atoms with Gasteiger partial charge in [0, 0.05) is 31.2 Å². The zero-order valence-corrected chi connectivity index (χ0v) is 15.2. The molecule has 1 unspecified atom stereocenters. The standard InChI is InChI=1S/C20H26N4O2/c1-2-23-15-21-14-18(23)20(26)24-13-7-6-10-17(24)11-12-22-19(25)16-8-4-3-5-9-16/h3-5,8-9,14-15,17H,2,6-7,10-13H2,1H3,(H,22,25). The molecule has 1 aliphatic heterocycles. The van der Waals surface area contributed by atoms with E-state index >= 15 is 0 Å². The Balaban J connectivity index is 1.59. The van der Waals surface area contributed by atoms with Gasteiger partial charge in [0.2, 0.25) is 0 Å². The van der Waals surface area contributed by atoms with Gasteiger partial charge in [-0.05, 0) is 44.7 Å². The highest BCUT2D eigenvalue weighted by molar-refractivity contribution is 5.94. The molecular weight excluding hydrogens is 328 g/mol. The summed E-state index contributed by atoms with van der Waals surface area (Å²) in [6.45, 7) is 4.07. The van der Waals surface area contributed by atoms with Gasteiger partial charge in [0.05, 0.1) is 12.5 Å². The Morgan fingerprint density at radius 3 is 2.81 bits per heavy atom. The number of likely N-dealkylation sites (tertiary alicyclic amines) is 1. The number of piperidine rings is 1. The van der Waals surface area contributed by atoms with Gasteiger partial charge in [-0.25, -0.2) is 4.98 Å². The molecule has 1 atom stereocenters. The minimum absolute atomic E-state index is 0.0448. The van der Waals surface area contributed by atoms with E-state index in [1.807, 2.05) is 34.6 Å². The van der Waals surface area contributed by atoms with E-state index in [9.17, 15) is 9.59 Å². The molecule has 0 radical (unpaired) electrons. The van der Waals surface area contributed by atoms with Gasteiger partial charge in [-0.2, -0.15) is 0 Å². The van der Waals surface area contributed by atoms with E-state index in [-0.39, 0.29) is 17.9 Å². The average Bonchev–Trinajstić information content (AvgIpc) is 3.17. The number of carbonyl (C=O) groups excluding carboxylic acids is 2. The van der Waals surface area contributed by atoms with Crippen molar-refractivity contribution in [2.45, 2.75) is 45.2 Å². The summed E-state index contributed by atoms with van der Waals surface area (Å²) in [5.41, 5.74) is 1.31. The smallest absolute Gasteiger partial charge is 0.272 e. The number of carbonyl (C=O) groups is 2. The van der Waals surface area contributed by atoms with Crippen molar-refractivity contribution < 1.29 is 9.59 Å². The third kappa shape index (κ3) is 4.12. The molecule has 1 aromatic heterocycles. The lowest BCUT2D eigenvalue weighted by Gasteiger charge is -2.36. The number of benzene rings is 1. The highest BCUT2D eigenvalue weighted by Crippen LogP contribution is 2.22. The van der Waals surface area contributed by atoms with Crippen LogP contribution >= 0.6 is 0 Å². The number of hydrogen-bond donors (Lipinski definition) is 1. The maximum absolute atomic E-state index is 12.9. The molecule has 0 saturated carbocycles. The van der Waals surface area contributed by atoms with E-state index in [0.29, 0.717) is 17.8 Å². The van der Waals surface area contributed by atoms with E-state index < -0.39 is 0 Å². The second-order valence-electron chi connectivity index (χ2n) is 6.62. The summed E-state index contributed by atoms with van der Waals surface area (Å²) in [4.78, 5) is 31.2. The lowest BCUT2D eigenvalue weighted by Crippen LogP contribution is -2.45. The van der Waals surface area contributed by atoms with Gasteiger partial charge in [-0.3, -0.25) is 9.59 Å². The zero-order valence-electron chi connectivity index (χ0n) is 15.2. The Hall–Kier alpha value is -2.63. The average molecular weight is 354 g/mol. The van der Waals surface area contributed by atoms with Crippen molar-refractivity contribution in [2.24, 2.45) is 0 Å². The molecule has 2 amide bonds. The van der Waals surface area contributed by atoms with Gasteiger partial charge in [-0.15, -0.1) is 0 Å². The van der Waals surface area contributed by atoms with Crippen molar-refractivity contribution in [3.05, 3.63) is 54.1 Å². The zero-order chi connectivity index (χ0) is 18.4. The van der Waals surface area contributed by atoms with Crippen LogP contribution in [0, 0.1) is 0 Å². The lowest BCUT2D eigenvalue weighted by atomic mass is 9.98. The van der Waals surface area contributed by atoms with Crippen LogP contribution in [0.3, 0.4) is 0 Å². The SMILES string of the molecule is CCn1cncc1C(=O)N1CCCCC1CCNC(=O)c1ccccc1. The summed E-state index contributed by atoms with van der Waals surface area (Å²) in [5.74, 6) is -0.0215. The summed E-state index contributed by atoms with van der Waals surface area (Å²) in [6, 6.07) is 9.37. The fourth-order valence-electron chi connectivity index (χ4n) is 3.51. The van der Waals surface area contributed by atoms with Crippen LogP contribution in [0.15, 0.2) is 42.9 Å². The van der Waals surface area contributed by atoms with E-state index in [0.717, 1.165) is 38.8 Å². The molecule has 0 spiro atoms. The Morgan fingerprint density at radius 2 is 2.04 bits per heavy atom. The van der Waals surface area contributed by atoms with Crippen LogP contribution in [-0.2, 0) is 6.54 Å². The number of aryl methyl sites for hydroxylation is 1. The first-order valence-electron chi connectivity index (χ1n) is 9.35. The fraction of sp³-hybridized carbons (Fsp3) is 0.450. The van der Waals surface area contributed by atoms with E-state index in [1.165, 1.54) is 0 Å². The van der Waals surface area contributed by atoms with E-state index in [2.05, 4.69) is 10.3 Å².